The highest BCUT2D eigenvalue weighted by molar-refractivity contribution is 7.98. The molecule has 0 radical (unpaired) electrons. The van der Waals surface area contributed by atoms with Gasteiger partial charge < -0.3 is 9.26 Å². The molecule has 1 N–H and O–H groups in total. The minimum Gasteiger partial charge on any atom is -0.452 e. The van der Waals surface area contributed by atoms with Crippen LogP contribution in [0.1, 0.15) is 16.1 Å². The Morgan fingerprint density at radius 3 is 2.95 bits per heavy atom. The quantitative estimate of drug-likeness (QED) is 0.666. The summed E-state index contributed by atoms with van der Waals surface area (Å²) in [4.78, 5) is 27.6. The van der Waals surface area contributed by atoms with Crippen LogP contribution in [0.15, 0.2) is 33.9 Å². The topological polar surface area (TPSA) is 94.3 Å². The van der Waals surface area contributed by atoms with E-state index in [0.717, 1.165) is 0 Å². The summed E-state index contributed by atoms with van der Waals surface area (Å²) in [5.41, 5.74) is 0.968. The fourth-order valence-corrected chi connectivity index (χ4v) is 2.05. The normalized spacial score (nSPS) is 10.2. The van der Waals surface area contributed by atoms with Crippen LogP contribution in [0.3, 0.4) is 0 Å². The first kappa shape index (κ1) is 15.0. The fraction of sp³-hybridized carbons (Fsp3) is 0.231. The molecule has 0 bridgehead atoms. The summed E-state index contributed by atoms with van der Waals surface area (Å²) in [6, 6.07) is 4.79. The smallest absolute Gasteiger partial charge is 0.341 e. The van der Waals surface area contributed by atoms with Crippen molar-refractivity contribution in [3.05, 3.63) is 35.7 Å². The van der Waals surface area contributed by atoms with Gasteiger partial charge in [-0.3, -0.25) is 10.1 Å². The molecule has 0 aromatic carbocycles. The fourth-order valence-electron chi connectivity index (χ4n) is 1.51. The number of carbonyl (C=O) groups is 2. The molecular formula is C13H13N3O4S. The summed E-state index contributed by atoms with van der Waals surface area (Å²) in [7, 11) is 0. The van der Waals surface area contributed by atoms with Gasteiger partial charge in [0, 0.05) is 12.3 Å². The highest BCUT2D eigenvalue weighted by Gasteiger charge is 2.15. The van der Waals surface area contributed by atoms with Crippen LogP contribution in [0.25, 0.3) is 0 Å². The van der Waals surface area contributed by atoms with Crippen molar-refractivity contribution in [2.45, 2.75) is 11.9 Å². The number of thioether (sulfide) groups is 1. The molecule has 1 amide bonds. The number of aryl methyl sites for hydroxylation is 1. The molecule has 110 valence electrons. The zero-order chi connectivity index (χ0) is 15.2. The van der Waals surface area contributed by atoms with E-state index < -0.39 is 18.5 Å². The first-order valence-corrected chi connectivity index (χ1v) is 7.22. The second-order valence-electron chi connectivity index (χ2n) is 4.02. The highest BCUT2D eigenvalue weighted by atomic mass is 32.2. The molecule has 0 fully saturated rings. The minimum absolute atomic E-state index is 0.208. The number of pyridine rings is 1. The van der Waals surface area contributed by atoms with E-state index >= 15 is 0 Å². The lowest BCUT2D eigenvalue weighted by Crippen LogP contribution is -2.21. The van der Waals surface area contributed by atoms with Gasteiger partial charge in [0.15, 0.2) is 6.61 Å². The molecule has 8 heteroatoms. The number of esters is 1. The van der Waals surface area contributed by atoms with Gasteiger partial charge in [0.25, 0.3) is 5.91 Å². The van der Waals surface area contributed by atoms with Gasteiger partial charge >= 0.3 is 5.97 Å². The second kappa shape index (κ2) is 6.89. The summed E-state index contributed by atoms with van der Waals surface area (Å²) >= 11 is 1.33. The zero-order valence-electron chi connectivity index (χ0n) is 11.5. The number of ether oxygens (including phenoxy) is 1. The average molecular weight is 307 g/mol. The molecule has 0 unspecified atom stereocenters. The number of rotatable bonds is 5. The molecule has 0 atom stereocenters. The van der Waals surface area contributed by atoms with Crippen LogP contribution in [0.2, 0.25) is 0 Å². The molecule has 21 heavy (non-hydrogen) atoms. The molecule has 2 aromatic rings. The van der Waals surface area contributed by atoms with Crippen LogP contribution in [-0.4, -0.2) is 34.9 Å². The number of amides is 1. The van der Waals surface area contributed by atoms with Crippen LogP contribution in [-0.2, 0) is 9.53 Å². The van der Waals surface area contributed by atoms with Crippen LogP contribution in [0, 0.1) is 6.92 Å². The molecule has 0 aliphatic rings. The monoisotopic (exact) mass is 307 g/mol. The third kappa shape index (κ3) is 4.06. The second-order valence-corrected chi connectivity index (χ2v) is 4.81. The molecule has 7 nitrogen and oxygen atoms in total. The van der Waals surface area contributed by atoms with Gasteiger partial charge in [0.2, 0.25) is 5.88 Å². The maximum atomic E-state index is 11.9. The van der Waals surface area contributed by atoms with E-state index in [0.29, 0.717) is 16.3 Å². The molecular weight excluding hydrogens is 294 g/mol. The number of hydrogen-bond donors (Lipinski definition) is 1. The average Bonchev–Trinajstić information content (AvgIpc) is 2.89. The molecule has 0 saturated heterocycles. The third-order valence-electron chi connectivity index (χ3n) is 2.41. The Balaban J connectivity index is 1.90. The predicted octanol–water partition coefficient (Wildman–Crippen LogP) is 1.90. The van der Waals surface area contributed by atoms with E-state index in [-0.39, 0.29) is 5.88 Å². The first-order valence-electron chi connectivity index (χ1n) is 5.99. The Kier molecular flexibility index (Phi) is 4.94. The van der Waals surface area contributed by atoms with Gasteiger partial charge in [-0.25, -0.2) is 9.78 Å². The van der Waals surface area contributed by atoms with Gasteiger partial charge in [-0.15, -0.1) is 11.8 Å². The van der Waals surface area contributed by atoms with Crippen LogP contribution >= 0.6 is 11.8 Å². The van der Waals surface area contributed by atoms with E-state index in [1.54, 1.807) is 37.6 Å². The van der Waals surface area contributed by atoms with E-state index in [9.17, 15) is 9.59 Å². The van der Waals surface area contributed by atoms with Crippen molar-refractivity contribution in [2.24, 2.45) is 0 Å². The van der Waals surface area contributed by atoms with Crippen LogP contribution < -0.4 is 5.32 Å². The highest BCUT2D eigenvalue weighted by Crippen LogP contribution is 2.17. The van der Waals surface area contributed by atoms with Crippen molar-refractivity contribution in [3.8, 4) is 0 Å². The van der Waals surface area contributed by atoms with Gasteiger partial charge in [-0.2, -0.15) is 0 Å². The summed E-state index contributed by atoms with van der Waals surface area (Å²) in [5.74, 6) is -0.898. The number of nitrogens with zero attached hydrogens (tertiary/aromatic N) is 2. The number of nitrogens with one attached hydrogen (secondary N) is 1. The SMILES string of the molecule is CSc1ncccc1C(=O)OCC(=O)Nc1cc(C)no1. The molecule has 0 aliphatic heterocycles. The minimum atomic E-state index is -0.601. The van der Waals surface area contributed by atoms with Crippen molar-refractivity contribution in [1.29, 1.82) is 0 Å². The zero-order valence-corrected chi connectivity index (χ0v) is 12.3. The summed E-state index contributed by atoms with van der Waals surface area (Å²) in [5, 5.41) is 6.61. The molecule has 2 rings (SSSR count). The Hall–Kier alpha value is -2.35. The lowest BCUT2D eigenvalue weighted by atomic mass is 10.3. The third-order valence-corrected chi connectivity index (χ3v) is 3.12. The number of aromatic nitrogens is 2. The molecule has 0 spiro atoms. The first-order chi connectivity index (χ1) is 10.1. The Morgan fingerprint density at radius 1 is 1.48 bits per heavy atom. The van der Waals surface area contributed by atoms with Crippen molar-refractivity contribution >= 4 is 29.5 Å². The Labute approximate surface area is 125 Å². The van der Waals surface area contributed by atoms with Gasteiger partial charge in [-0.1, -0.05) is 5.16 Å². The van der Waals surface area contributed by atoms with Crippen molar-refractivity contribution in [1.82, 2.24) is 10.1 Å². The molecule has 0 saturated carbocycles. The predicted molar refractivity (Wildman–Crippen MR) is 76.2 cm³/mol. The van der Waals surface area contributed by atoms with Crippen molar-refractivity contribution in [3.63, 3.8) is 0 Å². The standard InChI is InChI=1S/C13H13N3O4S/c1-8-6-11(20-16-8)15-10(17)7-19-13(18)9-4-3-5-14-12(9)21-2/h3-6H,7H2,1-2H3,(H,15,17). The number of anilines is 1. The van der Waals surface area contributed by atoms with Gasteiger partial charge in [0.05, 0.1) is 11.3 Å². The van der Waals surface area contributed by atoms with E-state index in [2.05, 4.69) is 15.5 Å². The van der Waals surface area contributed by atoms with E-state index in [4.69, 9.17) is 9.26 Å². The van der Waals surface area contributed by atoms with Crippen LogP contribution in [0.5, 0.6) is 0 Å². The van der Waals surface area contributed by atoms with E-state index in [1.165, 1.54) is 11.8 Å². The van der Waals surface area contributed by atoms with Crippen LogP contribution in [0.4, 0.5) is 5.88 Å². The maximum absolute atomic E-state index is 11.9. The number of hydrogen-bond acceptors (Lipinski definition) is 7. The van der Waals surface area contributed by atoms with Gasteiger partial charge in [-0.05, 0) is 25.3 Å². The largest absolute Gasteiger partial charge is 0.452 e. The molecule has 2 aromatic heterocycles. The van der Waals surface area contributed by atoms with Gasteiger partial charge in [0.1, 0.15) is 5.03 Å². The molecule has 2 heterocycles. The summed E-state index contributed by atoms with van der Waals surface area (Å²) in [6.07, 6.45) is 3.39. The summed E-state index contributed by atoms with van der Waals surface area (Å²) in [6.45, 7) is 1.31. The van der Waals surface area contributed by atoms with Crippen molar-refractivity contribution < 1.29 is 18.8 Å². The lowest BCUT2D eigenvalue weighted by molar-refractivity contribution is -0.119. The lowest BCUT2D eigenvalue weighted by Gasteiger charge is -2.06. The summed E-state index contributed by atoms with van der Waals surface area (Å²) < 4.78 is 9.77. The van der Waals surface area contributed by atoms with Crippen molar-refractivity contribution in [2.75, 3.05) is 18.2 Å². The Bertz CT molecular complexity index is 656. The number of carbonyl (C=O) groups excluding carboxylic acids is 2. The molecule has 0 aliphatic carbocycles. The Morgan fingerprint density at radius 2 is 2.29 bits per heavy atom. The van der Waals surface area contributed by atoms with E-state index in [1.807, 2.05) is 0 Å². The maximum Gasteiger partial charge on any atom is 0.341 e.